The van der Waals surface area contributed by atoms with Crippen LogP contribution in [0, 0.1) is 0 Å². The van der Waals surface area contributed by atoms with Gasteiger partial charge in [0.15, 0.2) is 5.78 Å². The third-order valence-corrected chi connectivity index (χ3v) is 2.48. The van der Waals surface area contributed by atoms with Crippen LogP contribution in [0.25, 0.3) is 0 Å². The zero-order valence-corrected chi connectivity index (χ0v) is 8.01. The van der Waals surface area contributed by atoms with E-state index in [4.69, 9.17) is 5.11 Å². The van der Waals surface area contributed by atoms with Gasteiger partial charge in [-0.1, -0.05) is 0 Å². The van der Waals surface area contributed by atoms with Crippen LogP contribution >= 0.6 is 0 Å². The molecule has 76 valence electrons. The first-order valence-electron chi connectivity index (χ1n) is 3.61. The Kier molecular flexibility index (Phi) is 2.57. The average Bonchev–Trinajstić information content (AvgIpc) is 2.02. The van der Waals surface area contributed by atoms with Crippen molar-refractivity contribution < 1.29 is 22.2 Å². The van der Waals surface area contributed by atoms with Gasteiger partial charge in [0.1, 0.15) is 10.6 Å². The molecular weight excluding hydrogens is 211 g/mol. The number of aromatic hydroxyl groups is 1. The number of phenols is 1. The van der Waals surface area contributed by atoms with Crippen molar-refractivity contribution in [2.75, 3.05) is 0 Å². The highest BCUT2D eigenvalue weighted by molar-refractivity contribution is 7.86. The van der Waals surface area contributed by atoms with Gasteiger partial charge in [-0.2, -0.15) is 8.42 Å². The molecule has 1 aromatic carbocycles. The SMILES string of the molecule is CC(=O)c1ccc(O)c(S(=O)(=O)F)c1. The van der Waals surface area contributed by atoms with Gasteiger partial charge in [0.05, 0.1) is 0 Å². The zero-order valence-electron chi connectivity index (χ0n) is 7.19. The highest BCUT2D eigenvalue weighted by atomic mass is 32.3. The molecule has 0 aliphatic rings. The number of halogens is 1. The lowest BCUT2D eigenvalue weighted by Gasteiger charge is -2.01. The summed E-state index contributed by atoms with van der Waals surface area (Å²) >= 11 is 0. The topological polar surface area (TPSA) is 71.4 Å². The summed E-state index contributed by atoms with van der Waals surface area (Å²) < 4.78 is 33.5. The quantitative estimate of drug-likeness (QED) is 0.599. The lowest BCUT2D eigenvalue weighted by Crippen LogP contribution is -1.97. The van der Waals surface area contributed by atoms with Gasteiger partial charge in [-0.3, -0.25) is 4.79 Å². The minimum absolute atomic E-state index is 0.0269. The van der Waals surface area contributed by atoms with E-state index in [9.17, 15) is 17.1 Å². The van der Waals surface area contributed by atoms with Crippen molar-refractivity contribution in [3.8, 4) is 5.75 Å². The fraction of sp³-hybridized carbons (Fsp3) is 0.125. The summed E-state index contributed by atoms with van der Waals surface area (Å²) in [5.74, 6) is -1.12. The van der Waals surface area contributed by atoms with Crippen molar-refractivity contribution in [3.05, 3.63) is 23.8 Å². The summed E-state index contributed by atoms with van der Waals surface area (Å²) in [6.07, 6.45) is 0. The molecule has 0 saturated carbocycles. The summed E-state index contributed by atoms with van der Waals surface area (Å²) in [5.41, 5.74) is 0.0269. The van der Waals surface area contributed by atoms with Crippen molar-refractivity contribution >= 4 is 16.0 Å². The molecule has 0 fully saturated rings. The monoisotopic (exact) mass is 218 g/mol. The molecule has 1 rings (SSSR count). The van der Waals surface area contributed by atoms with Gasteiger partial charge >= 0.3 is 10.2 Å². The van der Waals surface area contributed by atoms with Crippen LogP contribution in [0.4, 0.5) is 3.89 Å². The van der Waals surface area contributed by atoms with Gasteiger partial charge in [0.2, 0.25) is 0 Å². The van der Waals surface area contributed by atoms with E-state index < -0.39 is 26.7 Å². The number of ketones is 1. The Labute approximate surface area is 80.2 Å². The number of phenolic OH excluding ortho intramolecular Hbond substituents is 1. The Morgan fingerprint density at radius 2 is 2.00 bits per heavy atom. The van der Waals surface area contributed by atoms with Crippen LogP contribution < -0.4 is 0 Å². The summed E-state index contributed by atoms with van der Waals surface area (Å²) in [4.78, 5) is 9.95. The number of carbonyl (C=O) groups is 1. The Morgan fingerprint density at radius 1 is 1.43 bits per heavy atom. The lowest BCUT2D eigenvalue weighted by atomic mass is 10.1. The second kappa shape index (κ2) is 3.38. The molecule has 6 heteroatoms. The number of carbonyl (C=O) groups excluding carboxylic acids is 1. The first kappa shape index (κ1) is 10.6. The van der Waals surface area contributed by atoms with E-state index >= 15 is 0 Å². The molecule has 14 heavy (non-hydrogen) atoms. The van der Waals surface area contributed by atoms with Crippen LogP contribution in [-0.2, 0) is 10.2 Å². The Morgan fingerprint density at radius 3 is 2.43 bits per heavy atom. The van der Waals surface area contributed by atoms with Crippen molar-refractivity contribution in [2.24, 2.45) is 0 Å². The van der Waals surface area contributed by atoms with E-state index in [0.29, 0.717) is 0 Å². The third-order valence-electron chi connectivity index (χ3n) is 1.63. The normalized spacial score (nSPS) is 11.3. The van der Waals surface area contributed by atoms with E-state index in [0.717, 1.165) is 12.1 Å². The first-order valence-corrected chi connectivity index (χ1v) is 4.99. The van der Waals surface area contributed by atoms with Gasteiger partial charge in [-0.25, -0.2) is 0 Å². The Hall–Kier alpha value is -1.43. The number of hydrogen-bond donors (Lipinski definition) is 1. The molecular formula is C8H7FO4S. The average molecular weight is 218 g/mol. The van der Waals surface area contributed by atoms with E-state index in [1.165, 1.54) is 13.0 Å². The summed E-state index contributed by atoms with van der Waals surface area (Å²) in [7, 11) is -4.99. The van der Waals surface area contributed by atoms with Crippen LogP contribution in [0.15, 0.2) is 23.1 Å². The third kappa shape index (κ3) is 2.08. The molecule has 4 nitrogen and oxygen atoms in total. The number of Topliss-reactive ketones (excluding diaryl/α,β-unsaturated/α-hetero) is 1. The first-order chi connectivity index (χ1) is 6.32. The highest BCUT2D eigenvalue weighted by Crippen LogP contribution is 2.25. The van der Waals surface area contributed by atoms with Gasteiger partial charge in [-0.05, 0) is 25.1 Å². The van der Waals surface area contributed by atoms with E-state index in [1.807, 2.05) is 0 Å². The summed E-state index contributed by atoms with van der Waals surface area (Å²) in [5, 5.41) is 9.02. The van der Waals surface area contributed by atoms with Crippen molar-refractivity contribution in [3.63, 3.8) is 0 Å². The molecule has 0 amide bonds. The Balaban J connectivity index is 3.44. The minimum Gasteiger partial charge on any atom is -0.506 e. The van der Waals surface area contributed by atoms with E-state index in [-0.39, 0.29) is 5.56 Å². The molecule has 0 atom stereocenters. The van der Waals surface area contributed by atoms with Gasteiger partial charge in [0, 0.05) is 5.56 Å². The number of rotatable bonds is 2. The fourth-order valence-corrected chi connectivity index (χ4v) is 1.51. The molecule has 0 spiro atoms. The predicted molar refractivity (Wildman–Crippen MR) is 46.4 cm³/mol. The van der Waals surface area contributed by atoms with Crippen LogP contribution in [0.5, 0.6) is 5.75 Å². The molecule has 1 N–H and O–H groups in total. The number of hydrogen-bond acceptors (Lipinski definition) is 4. The summed E-state index contributed by atoms with van der Waals surface area (Å²) in [6.45, 7) is 1.21. The van der Waals surface area contributed by atoms with Crippen LogP contribution in [0.2, 0.25) is 0 Å². The zero-order chi connectivity index (χ0) is 10.9. The Bertz CT molecular complexity index is 478. The van der Waals surface area contributed by atoms with Crippen molar-refractivity contribution in [1.29, 1.82) is 0 Å². The molecule has 0 heterocycles. The second-order valence-corrected chi connectivity index (χ2v) is 3.99. The molecule has 0 aliphatic carbocycles. The molecule has 0 bridgehead atoms. The van der Waals surface area contributed by atoms with Crippen LogP contribution in [-0.4, -0.2) is 19.3 Å². The smallest absolute Gasteiger partial charge is 0.335 e. The van der Waals surface area contributed by atoms with Gasteiger partial charge in [0.25, 0.3) is 0 Å². The molecule has 0 aliphatic heterocycles. The van der Waals surface area contributed by atoms with E-state index in [1.54, 1.807) is 0 Å². The predicted octanol–water partition coefficient (Wildman–Crippen LogP) is 1.25. The minimum atomic E-state index is -4.99. The van der Waals surface area contributed by atoms with E-state index in [2.05, 4.69) is 0 Å². The van der Waals surface area contributed by atoms with Crippen molar-refractivity contribution in [1.82, 2.24) is 0 Å². The maximum absolute atomic E-state index is 12.5. The summed E-state index contributed by atoms with van der Waals surface area (Å²) in [6, 6.07) is 2.97. The molecule has 0 radical (unpaired) electrons. The molecule has 0 unspecified atom stereocenters. The highest BCUT2D eigenvalue weighted by Gasteiger charge is 2.18. The molecule has 1 aromatic rings. The standard InChI is InChI=1S/C8H7FO4S/c1-5(10)6-2-3-7(11)8(4-6)14(9,12)13/h2-4,11H,1H3. The molecule has 0 saturated heterocycles. The van der Waals surface area contributed by atoms with Crippen LogP contribution in [0.1, 0.15) is 17.3 Å². The number of benzene rings is 1. The maximum Gasteiger partial charge on any atom is 0.335 e. The second-order valence-electron chi connectivity index (χ2n) is 2.68. The van der Waals surface area contributed by atoms with Gasteiger partial charge in [-0.15, -0.1) is 3.89 Å². The van der Waals surface area contributed by atoms with Gasteiger partial charge < -0.3 is 5.11 Å². The molecule has 0 aromatic heterocycles. The maximum atomic E-state index is 12.5. The lowest BCUT2D eigenvalue weighted by molar-refractivity contribution is 0.101. The van der Waals surface area contributed by atoms with Crippen molar-refractivity contribution in [2.45, 2.75) is 11.8 Å². The fourth-order valence-electron chi connectivity index (χ4n) is 0.928. The van der Waals surface area contributed by atoms with Crippen LogP contribution in [0.3, 0.4) is 0 Å². The largest absolute Gasteiger partial charge is 0.506 e.